The average molecular weight is 402 g/mol. The molecule has 0 spiro atoms. The molecule has 1 aliphatic carbocycles. The number of allylic oxidation sites excluding steroid dienone is 1. The minimum Gasteiger partial charge on any atom is -0.396 e. The molecule has 6 N–H and O–H groups in total. The number of ketones is 1. The van der Waals surface area contributed by atoms with E-state index < -0.39 is 61.0 Å². The summed E-state index contributed by atoms with van der Waals surface area (Å²) in [4.78, 5) is 11.8. The molecule has 9 heteroatoms. The van der Waals surface area contributed by atoms with E-state index in [-0.39, 0.29) is 12.2 Å². The van der Waals surface area contributed by atoms with Crippen LogP contribution in [0.4, 0.5) is 0 Å². The third kappa shape index (κ3) is 4.22. The van der Waals surface area contributed by atoms with E-state index in [9.17, 15) is 35.4 Å². The van der Waals surface area contributed by atoms with Gasteiger partial charge in [-0.2, -0.15) is 0 Å². The van der Waals surface area contributed by atoms with Gasteiger partial charge in [-0.25, -0.2) is 0 Å². The number of hydrogen-bond donors (Lipinski definition) is 6. The SMILES string of the molecule is CC1=CC(=O)C[C@@](C)(CO)[C@]1(O)/C=C/[C@@H](C)O[C@@H]1O[C@H](CO)[C@@H](O)[C@H](O)[C@H]1O. The molecule has 8 atom stereocenters. The fourth-order valence-electron chi connectivity index (χ4n) is 3.62. The van der Waals surface area contributed by atoms with E-state index in [0.717, 1.165) is 0 Å². The highest BCUT2D eigenvalue weighted by Crippen LogP contribution is 2.44. The summed E-state index contributed by atoms with van der Waals surface area (Å²) < 4.78 is 10.8. The molecule has 1 aliphatic heterocycles. The van der Waals surface area contributed by atoms with Gasteiger partial charge in [0.05, 0.1) is 19.3 Å². The van der Waals surface area contributed by atoms with Crippen molar-refractivity contribution in [3.8, 4) is 0 Å². The maximum atomic E-state index is 11.8. The lowest BCUT2D eigenvalue weighted by Gasteiger charge is -2.45. The average Bonchev–Trinajstić information content (AvgIpc) is 2.65. The summed E-state index contributed by atoms with van der Waals surface area (Å²) in [6, 6.07) is 0. The lowest BCUT2D eigenvalue weighted by molar-refractivity contribution is -0.306. The first-order chi connectivity index (χ1) is 13.0. The van der Waals surface area contributed by atoms with Crippen LogP contribution in [0.2, 0.25) is 0 Å². The molecule has 1 fully saturated rings. The Morgan fingerprint density at radius 3 is 2.50 bits per heavy atom. The number of rotatable bonds is 6. The van der Waals surface area contributed by atoms with Crippen molar-refractivity contribution in [2.75, 3.05) is 13.2 Å². The molecule has 1 heterocycles. The van der Waals surface area contributed by atoms with Gasteiger partial charge in [-0.05, 0) is 31.6 Å². The van der Waals surface area contributed by atoms with Crippen LogP contribution in [0.25, 0.3) is 0 Å². The van der Waals surface area contributed by atoms with Gasteiger partial charge in [0.2, 0.25) is 0 Å². The number of ether oxygens (including phenoxy) is 2. The monoisotopic (exact) mass is 402 g/mol. The third-order valence-electron chi connectivity index (χ3n) is 5.62. The van der Waals surface area contributed by atoms with Crippen molar-refractivity contribution in [1.82, 2.24) is 0 Å². The Hall–Kier alpha value is -1.17. The molecule has 0 aromatic rings. The van der Waals surface area contributed by atoms with Crippen molar-refractivity contribution in [2.24, 2.45) is 5.41 Å². The topological polar surface area (TPSA) is 157 Å². The largest absolute Gasteiger partial charge is 0.396 e. The maximum absolute atomic E-state index is 11.8. The Bertz CT molecular complexity index is 631. The van der Waals surface area contributed by atoms with Crippen LogP contribution in [0.5, 0.6) is 0 Å². The number of carbonyl (C=O) groups excluding carboxylic acids is 1. The second-order valence-corrected chi connectivity index (χ2v) is 7.85. The van der Waals surface area contributed by atoms with Crippen molar-refractivity contribution in [1.29, 1.82) is 0 Å². The van der Waals surface area contributed by atoms with Gasteiger partial charge in [-0.3, -0.25) is 4.79 Å². The summed E-state index contributed by atoms with van der Waals surface area (Å²) in [6.07, 6.45) is -3.44. The van der Waals surface area contributed by atoms with Crippen LogP contribution in [0.1, 0.15) is 27.2 Å². The van der Waals surface area contributed by atoms with Gasteiger partial charge in [-0.1, -0.05) is 13.0 Å². The van der Waals surface area contributed by atoms with E-state index in [1.807, 2.05) is 0 Å². The van der Waals surface area contributed by atoms with Crippen molar-refractivity contribution in [3.05, 3.63) is 23.8 Å². The highest BCUT2D eigenvalue weighted by molar-refractivity contribution is 5.92. The minimum absolute atomic E-state index is 0.0242. The van der Waals surface area contributed by atoms with Gasteiger partial charge in [-0.15, -0.1) is 0 Å². The van der Waals surface area contributed by atoms with E-state index in [0.29, 0.717) is 5.57 Å². The standard InChI is InChI=1S/C19H30O9/c1-10-6-12(22)7-18(3,9-21)19(10,26)5-4-11(2)27-17-16(25)15(24)14(23)13(8-20)28-17/h4-6,11,13-17,20-21,23-26H,7-9H2,1-3H3/b5-4+/t11-,13-,14-,15+,16-,17-,18+,19+/m1/s1. The van der Waals surface area contributed by atoms with Crippen LogP contribution in [0.15, 0.2) is 23.8 Å². The summed E-state index contributed by atoms with van der Waals surface area (Å²) in [5.41, 5.74) is -2.30. The van der Waals surface area contributed by atoms with Gasteiger partial charge in [0.1, 0.15) is 30.0 Å². The van der Waals surface area contributed by atoms with Crippen LogP contribution in [0, 0.1) is 5.41 Å². The molecule has 2 aliphatic rings. The highest BCUT2D eigenvalue weighted by Gasteiger charge is 2.50. The summed E-state index contributed by atoms with van der Waals surface area (Å²) in [5, 5.41) is 59.8. The molecular weight excluding hydrogens is 372 g/mol. The molecular formula is C19H30O9. The second kappa shape index (κ2) is 8.68. The zero-order valence-corrected chi connectivity index (χ0v) is 16.2. The van der Waals surface area contributed by atoms with Gasteiger partial charge >= 0.3 is 0 Å². The molecule has 0 amide bonds. The fourth-order valence-corrected chi connectivity index (χ4v) is 3.62. The first-order valence-electron chi connectivity index (χ1n) is 9.19. The molecule has 2 rings (SSSR count). The first-order valence-corrected chi connectivity index (χ1v) is 9.19. The van der Waals surface area contributed by atoms with Gasteiger partial charge in [0.15, 0.2) is 12.1 Å². The van der Waals surface area contributed by atoms with E-state index >= 15 is 0 Å². The summed E-state index contributed by atoms with van der Waals surface area (Å²) in [7, 11) is 0. The van der Waals surface area contributed by atoms with Crippen LogP contribution >= 0.6 is 0 Å². The lowest BCUT2D eigenvalue weighted by Crippen LogP contribution is -2.59. The Morgan fingerprint density at radius 2 is 1.93 bits per heavy atom. The van der Waals surface area contributed by atoms with Gasteiger partial charge < -0.3 is 40.1 Å². The number of aliphatic hydroxyl groups excluding tert-OH is 5. The van der Waals surface area contributed by atoms with Crippen LogP contribution in [-0.4, -0.2) is 92.0 Å². The predicted octanol–water partition coefficient (Wildman–Crippen LogP) is -1.60. The molecule has 28 heavy (non-hydrogen) atoms. The van der Waals surface area contributed by atoms with E-state index in [1.54, 1.807) is 20.8 Å². The summed E-state index contributed by atoms with van der Waals surface area (Å²) >= 11 is 0. The quantitative estimate of drug-likeness (QED) is 0.288. The molecule has 0 unspecified atom stereocenters. The number of hydrogen-bond acceptors (Lipinski definition) is 9. The second-order valence-electron chi connectivity index (χ2n) is 7.85. The summed E-state index contributed by atoms with van der Waals surface area (Å²) in [5.74, 6) is -0.183. The maximum Gasteiger partial charge on any atom is 0.187 e. The smallest absolute Gasteiger partial charge is 0.187 e. The lowest BCUT2D eigenvalue weighted by atomic mass is 9.64. The Labute approximate surface area is 163 Å². The van der Waals surface area contributed by atoms with E-state index in [2.05, 4.69) is 0 Å². The van der Waals surface area contributed by atoms with Crippen LogP contribution in [0.3, 0.4) is 0 Å². The predicted molar refractivity (Wildman–Crippen MR) is 97.0 cm³/mol. The normalized spacial score (nSPS) is 43.2. The number of carbonyl (C=O) groups is 1. The summed E-state index contributed by atoms with van der Waals surface area (Å²) in [6.45, 7) is 3.83. The Balaban J connectivity index is 2.15. The van der Waals surface area contributed by atoms with E-state index in [4.69, 9.17) is 9.47 Å². The zero-order chi connectivity index (χ0) is 21.3. The highest BCUT2D eigenvalue weighted by atomic mass is 16.7. The van der Waals surface area contributed by atoms with Crippen LogP contribution < -0.4 is 0 Å². The minimum atomic E-state index is -1.58. The third-order valence-corrected chi connectivity index (χ3v) is 5.62. The first kappa shape index (κ1) is 23.1. The van der Waals surface area contributed by atoms with Crippen molar-refractivity contribution in [2.45, 2.75) is 69.6 Å². The van der Waals surface area contributed by atoms with Crippen molar-refractivity contribution >= 4 is 5.78 Å². The van der Waals surface area contributed by atoms with Crippen molar-refractivity contribution in [3.63, 3.8) is 0 Å². The Kier molecular flexibility index (Phi) is 7.17. The molecule has 9 nitrogen and oxygen atoms in total. The van der Waals surface area contributed by atoms with Gasteiger partial charge in [0.25, 0.3) is 0 Å². The molecule has 1 saturated heterocycles. The molecule has 0 radical (unpaired) electrons. The molecule has 0 bridgehead atoms. The van der Waals surface area contributed by atoms with Gasteiger partial charge in [0, 0.05) is 11.8 Å². The Morgan fingerprint density at radius 1 is 1.29 bits per heavy atom. The van der Waals surface area contributed by atoms with Crippen molar-refractivity contribution < 1.29 is 44.9 Å². The number of aliphatic hydroxyl groups is 6. The van der Waals surface area contributed by atoms with Crippen LogP contribution in [-0.2, 0) is 14.3 Å². The zero-order valence-electron chi connectivity index (χ0n) is 16.2. The van der Waals surface area contributed by atoms with E-state index in [1.165, 1.54) is 18.2 Å². The molecule has 0 aromatic heterocycles. The fraction of sp³-hybridized carbons (Fsp3) is 0.737. The molecule has 0 saturated carbocycles. The molecule has 0 aromatic carbocycles. The molecule has 160 valence electrons.